The van der Waals surface area contributed by atoms with Gasteiger partial charge < -0.3 is 4.90 Å². The molecule has 2 nitrogen and oxygen atoms in total. The SMILES string of the molecule is C=C(CN(C)C)C(=O)c1ccccc1Cl.Cl. The summed E-state index contributed by atoms with van der Waals surface area (Å²) in [4.78, 5) is 13.8. The zero-order valence-corrected chi connectivity index (χ0v) is 10.9. The molecular formula is C12H15Cl2NO. The van der Waals surface area contributed by atoms with E-state index in [1.165, 1.54) is 0 Å². The first kappa shape index (κ1) is 15.2. The van der Waals surface area contributed by atoms with E-state index >= 15 is 0 Å². The number of rotatable bonds is 4. The minimum atomic E-state index is -0.0886. The first-order valence-corrected chi connectivity index (χ1v) is 5.02. The van der Waals surface area contributed by atoms with Gasteiger partial charge in [-0.1, -0.05) is 30.3 Å². The summed E-state index contributed by atoms with van der Waals surface area (Å²) in [6, 6.07) is 7.01. The summed E-state index contributed by atoms with van der Waals surface area (Å²) in [5.41, 5.74) is 1.07. The minimum absolute atomic E-state index is 0. The lowest BCUT2D eigenvalue weighted by Gasteiger charge is -2.11. The van der Waals surface area contributed by atoms with E-state index in [0.717, 1.165) is 0 Å². The van der Waals surface area contributed by atoms with Crippen LogP contribution in [0.3, 0.4) is 0 Å². The Morgan fingerprint density at radius 3 is 2.44 bits per heavy atom. The molecule has 1 aromatic carbocycles. The second-order valence-electron chi connectivity index (χ2n) is 3.65. The van der Waals surface area contributed by atoms with E-state index in [1.54, 1.807) is 24.3 Å². The monoisotopic (exact) mass is 259 g/mol. The highest BCUT2D eigenvalue weighted by Gasteiger charge is 2.13. The molecule has 0 bridgehead atoms. The van der Waals surface area contributed by atoms with E-state index in [-0.39, 0.29) is 18.2 Å². The third-order valence-electron chi connectivity index (χ3n) is 1.95. The second kappa shape index (κ2) is 6.69. The van der Waals surface area contributed by atoms with Crippen LogP contribution in [0.2, 0.25) is 5.02 Å². The van der Waals surface area contributed by atoms with Gasteiger partial charge >= 0.3 is 0 Å². The van der Waals surface area contributed by atoms with Gasteiger partial charge in [0.15, 0.2) is 5.78 Å². The number of benzene rings is 1. The molecule has 0 N–H and O–H groups in total. The highest BCUT2D eigenvalue weighted by atomic mass is 35.5. The lowest BCUT2D eigenvalue weighted by molar-refractivity contribution is 0.102. The van der Waals surface area contributed by atoms with Crippen molar-refractivity contribution in [2.24, 2.45) is 0 Å². The standard InChI is InChI=1S/C12H14ClNO.ClH/c1-9(8-14(2)3)12(15)10-6-4-5-7-11(10)13;/h4-7H,1,8H2,2-3H3;1H. The van der Waals surface area contributed by atoms with Crippen LogP contribution in [0.1, 0.15) is 10.4 Å². The molecule has 0 heterocycles. The molecular weight excluding hydrogens is 245 g/mol. The molecule has 88 valence electrons. The summed E-state index contributed by atoms with van der Waals surface area (Å²) in [6.07, 6.45) is 0. The van der Waals surface area contributed by atoms with Crippen LogP contribution in [0.15, 0.2) is 36.4 Å². The minimum Gasteiger partial charge on any atom is -0.305 e. The molecule has 0 atom stereocenters. The van der Waals surface area contributed by atoms with Gasteiger partial charge in [-0.25, -0.2) is 0 Å². The van der Waals surface area contributed by atoms with Gasteiger partial charge in [0.1, 0.15) is 0 Å². The Hall–Kier alpha value is -0.830. The number of carbonyl (C=O) groups is 1. The van der Waals surface area contributed by atoms with E-state index in [9.17, 15) is 4.79 Å². The van der Waals surface area contributed by atoms with E-state index < -0.39 is 0 Å². The van der Waals surface area contributed by atoms with Crippen LogP contribution in [-0.4, -0.2) is 31.3 Å². The molecule has 0 fully saturated rings. The summed E-state index contributed by atoms with van der Waals surface area (Å²) in [6.45, 7) is 4.31. The summed E-state index contributed by atoms with van der Waals surface area (Å²) in [7, 11) is 3.79. The van der Waals surface area contributed by atoms with E-state index in [2.05, 4.69) is 6.58 Å². The summed E-state index contributed by atoms with van der Waals surface area (Å²) >= 11 is 5.92. The topological polar surface area (TPSA) is 20.3 Å². The Kier molecular flexibility index (Phi) is 6.34. The second-order valence-corrected chi connectivity index (χ2v) is 4.06. The Morgan fingerprint density at radius 1 is 1.38 bits per heavy atom. The Morgan fingerprint density at radius 2 is 1.94 bits per heavy atom. The van der Waals surface area contributed by atoms with Crippen LogP contribution < -0.4 is 0 Å². The Labute approximate surface area is 107 Å². The fraction of sp³-hybridized carbons (Fsp3) is 0.250. The highest BCUT2D eigenvalue weighted by Crippen LogP contribution is 2.18. The summed E-state index contributed by atoms with van der Waals surface area (Å²) in [5, 5.41) is 0.474. The van der Waals surface area contributed by atoms with Gasteiger partial charge in [0.25, 0.3) is 0 Å². The van der Waals surface area contributed by atoms with Crippen molar-refractivity contribution in [1.29, 1.82) is 0 Å². The number of ketones is 1. The Balaban J connectivity index is 0.00000225. The fourth-order valence-electron chi connectivity index (χ4n) is 1.29. The van der Waals surface area contributed by atoms with Gasteiger partial charge in [-0.3, -0.25) is 4.79 Å². The average molecular weight is 260 g/mol. The third kappa shape index (κ3) is 3.97. The molecule has 0 amide bonds. The van der Waals surface area contributed by atoms with Crippen molar-refractivity contribution in [3.05, 3.63) is 47.0 Å². The molecule has 0 saturated carbocycles. The molecule has 0 aliphatic heterocycles. The summed E-state index contributed by atoms with van der Waals surface area (Å²) in [5.74, 6) is -0.0886. The largest absolute Gasteiger partial charge is 0.305 e. The van der Waals surface area contributed by atoms with Crippen molar-refractivity contribution >= 4 is 29.8 Å². The normalized spacial score (nSPS) is 9.75. The van der Waals surface area contributed by atoms with Crippen molar-refractivity contribution in [2.45, 2.75) is 0 Å². The number of nitrogens with zero attached hydrogens (tertiary/aromatic N) is 1. The van der Waals surface area contributed by atoms with E-state index in [1.807, 2.05) is 19.0 Å². The molecule has 0 aromatic heterocycles. The summed E-state index contributed by atoms with van der Waals surface area (Å²) < 4.78 is 0. The van der Waals surface area contributed by atoms with Crippen molar-refractivity contribution < 1.29 is 4.79 Å². The number of hydrogen-bond acceptors (Lipinski definition) is 2. The van der Waals surface area contributed by atoms with E-state index in [0.29, 0.717) is 22.7 Å². The van der Waals surface area contributed by atoms with Crippen molar-refractivity contribution in [3.63, 3.8) is 0 Å². The van der Waals surface area contributed by atoms with E-state index in [4.69, 9.17) is 11.6 Å². The maximum Gasteiger partial charge on any atom is 0.191 e. The number of hydrogen-bond donors (Lipinski definition) is 0. The van der Waals surface area contributed by atoms with Crippen LogP contribution >= 0.6 is 24.0 Å². The molecule has 0 aliphatic rings. The number of carbonyl (C=O) groups excluding carboxylic acids is 1. The highest BCUT2D eigenvalue weighted by molar-refractivity contribution is 6.34. The smallest absolute Gasteiger partial charge is 0.191 e. The molecule has 0 spiro atoms. The van der Waals surface area contributed by atoms with Gasteiger partial charge in [-0.05, 0) is 26.2 Å². The number of Topliss-reactive ketones (excluding diaryl/α,β-unsaturated/α-hetero) is 1. The predicted molar refractivity (Wildman–Crippen MR) is 70.7 cm³/mol. The lowest BCUT2D eigenvalue weighted by Crippen LogP contribution is -2.19. The van der Waals surface area contributed by atoms with Crippen LogP contribution in [0.25, 0.3) is 0 Å². The van der Waals surface area contributed by atoms with Gasteiger partial charge in [0.2, 0.25) is 0 Å². The maximum absolute atomic E-state index is 11.9. The van der Waals surface area contributed by atoms with Crippen molar-refractivity contribution in [2.75, 3.05) is 20.6 Å². The molecule has 1 rings (SSSR count). The molecule has 16 heavy (non-hydrogen) atoms. The average Bonchev–Trinajstić information content (AvgIpc) is 2.16. The van der Waals surface area contributed by atoms with Gasteiger partial charge in [-0.2, -0.15) is 0 Å². The van der Waals surface area contributed by atoms with Crippen LogP contribution in [-0.2, 0) is 0 Å². The van der Waals surface area contributed by atoms with Crippen molar-refractivity contribution in [3.8, 4) is 0 Å². The van der Waals surface area contributed by atoms with Crippen LogP contribution in [0.4, 0.5) is 0 Å². The zero-order chi connectivity index (χ0) is 11.4. The molecule has 0 radical (unpaired) electrons. The van der Waals surface area contributed by atoms with Crippen LogP contribution in [0, 0.1) is 0 Å². The number of halogens is 2. The fourth-order valence-corrected chi connectivity index (χ4v) is 1.51. The quantitative estimate of drug-likeness (QED) is 0.612. The lowest BCUT2D eigenvalue weighted by atomic mass is 10.0. The third-order valence-corrected chi connectivity index (χ3v) is 2.28. The first-order chi connectivity index (χ1) is 7.02. The van der Waals surface area contributed by atoms with Gasteiger partial charge in [-0.15, -0.1) is 12.4 Å². The van der Waals surface area contributed by atoms with Gasteiger partial charge in [0.05, 0.1) is 5.02 Å². The predicted octanol–water partition coefficient (Wildman–Crippen LogP) is 3.06. The maximum atomic E-state index is 11.9. The molecule has 4 heteroatoms. The molecule has 1 aromatic rings. The van der Waals surface area contributed by atoms with Crippen molar-refractivity contribution in [1.82, 2.24) is 4.90 Å². The molecule has 0 saturated heterocycles. The molecule has 0 unspecified atom stereocenters. The van der Waals surface area contributed by atoms with Crippen LogP contribution in [0.5, 0.6) is 0 Å². The number of likely N-dealkylation sites (N-methyl/N-ethyl adjacent to an activating group) is 1. The Bertz CT molecular complexity index is 388. The molecule has 0 aliphatic carbocycles. The van der Waals surface area contributed by atoms with Gasteiger partial charge in [0, 0.05) is 17.7 Å². The zero-order valence-electron chi connectivity index (χ0n) is 9.37. The first-order valence-electron chi connectivity index (χ1n) is 4.64.